The van der Waals surface area contributed by atoms with Crippen LogP contribution in [0, 0.1) is 0 Å². The molecule has 0 aliphatic carbocycles. The summed E-state index contributed by atoms with van der Waals surface area (Å²) >= 11 is 0. The van der Waals surface area contributed by atoms with Crippen molar-refractivity contribution in [2.75, 3.05) is 25.0 Å². The van der Waals surface area contributed by atoms with Crippen molar-refractivity contribution in [1.29, 1.82) is 0 Å². The first-order valence-corrected chi connectivity index (χ1v) is 8.76. The molecule has 1 aliphatic heterocycles. The number of guanidine groups is 1. The number of aromatic nitrogens is 1. The number of hydrogen-bond donors (Lipinski definition) is 3. The summed E-state index contributed by atoms with van der Waals surface area (Å²) in [5.74, 6) is 2.34. The molecule has 0 spiro atoms. The maximum absolute atomic E-state index is 6.04. The smallest absolute Gasteiger partial charge is 0.189 e. The largest absolute Gasteiger partial charge is 0.493 e. The van der Waals surface area contributed by atoms with Crippen LogP contribution in [0.5, 0.6) is 5.75 Å². The number of aliphatic imine (C=N–C) groups is 1. The molecule has 0 bridgehead atoms. The fourth-order valence-electron chi connectivity index (χ4n) is 2.84. The predicted octanol–water partition coefficient (Wildman–Crippen LogP) is 2.70. The van der Waals surface area contributed by atoms with Crippen LogP contribution >= 0.6 is 0 Å². The van der Waals surface area contributed by atoms with E-state index in [9.17, 15) is 0 Å². The Bertz CT molecular complexity index is 689. The molecule has 0 amide bonds. The maximum Gasteiger partial charge on any atom is 0.189 e. The average molecular weight is 339 g/mol. The molecule has 132 valence electrons. The molecule has 1 aliphatic rings. The highest BCUT2D eigenvalue weighted by atomic mass is 16.5. The van der Waals surface area contributed by atoms with Gasteiger partial charge in [0.1, 0.15) is 11.6 Å². The summed E-state index contributed by atoms with van der Waals surface area (Å²) < 4.78 is 5.66. The van der Waals surface area contributed by atoms with Crippen molar-refractivity contribution < 1.29 is 4.74 Å². The van der Waals surface area contributed by atoms with E-state index in [1.165, 1.54) is 0 Å². The lowest BCUT2D eigenvalue weighted by atomic mass is 10.0. The van der Waals surface area contributed by atoms with Gasteiger partial charge in [-0.05, 0) is 31.0 Å². The summed E-state index contributed by atoms with van der Waals surface area (Å²) in [4.78, 5) is 8.66. The van der Waals surface area contributed by atoms with Crippen LogP contribution in [-0.4, -0.2) is 30.6 Å². The number of ether oxygens (including phenoxy) is 1. The van der Waals surface area contributed by atoms with Crippen molar-refractivity contribution >= 4 is 11.8 Å². The van der Waals surface area contributed by atoms with Crippen LogP contribution in [0.4, 0.5) is 5.82 Å². The van der Waals surface area contributed by atoms with Crippen LogP contribution in [-0.2, 0) is 0 Å². The molecule has 0 radical (unpaired) electrons. The first-order valence-electron chi connectivity index (χ1n) is 8.76. The Morgan fingerprint density at radius 3 is 2.96 bits per heavy atom. The van der Waals surface area contributed by atoms with Gasteiger partial charge in [-0.3, -0.25) is 4.99 Å². The maximum atomic E-state index is 6.04. The van der Waals surface area contributed by atoms with Gasteiger partial charge in [-0.15, -0.1) is 0 Å². The van der Waals surface area contributed by atoms with E-state index in [1.807, 2.05) is 36.4 Å². The van der Waals surface area contributed by atoms with E-state index in [4.69, 9.17) is 10.5 Å². The highest BCUT2D eigenvalue weighted by Gasteiger charge is 2.20. The molecule has 1 unspecified atom stereocenters. The lowest BCUT2D eigenvalue weighted by molar-refractivity contribution is 0.262. The number of hydrogen-bond acceptors (Lipinski definition) is 4. The number of nitrogens with one attached hydrogen (secondary N) is 2. The van der Waals surface area contributed by atoms with Crippen molar-refractivity contribution in [2.24, 2.45) is 10.7 Å². The third kappa shape index (κ3) is 5.11. The van der Waals surface area contributed by atoms with Gasteiger partial charge in [-0.25, -0.2) is 4.98 Å². The monoisotopic (exact) mass is 339 g/mol. The number of fused-ring (bicyclic) bond motifs is 1. The van der Waals surface area contributed by atoms with Gasteiger partial charge in [0.2, 0.25) is 0 Å². The Morgan fingerprint density at radius 2 is 2.08 bits per heavy atom. The standard InChI is InChI=1S/C19H25N5O/c20-19(23-13-6-5-12-22-18-9-3-4-11-21-18)24-16-10-14-25-17-8-2-1-7-15(16)17/h1-4,7-9,11,16H,5-6,10,12-14H2,(H,21,22)(H3,20,23,24). The van der Waals surface area contributed by atoms with Crippen molar-refractivity contribution in [3.8, 4) is 5.75 Å². The van der Waals surface area contributed by atoms with Gasteiger partial charge in [-0.1, -0.05) is 24.3 Å². The minimum atomic E-state index is 0.166. The Kier molecular flexibility index (Phi) is 6.09. The second-order valence-electron chi connectivity index (χ2n) is 5.99. The van der Waals surface area contributed by atoms with Gasteiger partial charge in [0.15, 0.2) is 5.96 Å². The zero-order valence-corrected chi connectivity index (χ0v) is 14.3. The van der Waals surface area contributed by atoms with Gasteiger partial charge in [0.05, 0.1) is 12.6 Å². The normalized spacial score (nSPS) is 16.6. The Labute approximate surface area is 148 Å². The minimum absolute atomic E-state index is 0.166. The molecule has 25 heavy (non-hydrogen) atoms. The van der Waals surface area contributed by atoms with Crippen LogP contribution in [0.25, 0.3) is 0 Å². The fraction of sp³-hybridized carbons (Fsp3) is 0.368. The second kappa shape index (κ2) is 8.92. The van der Waals surface area contributed by atoms with E-state index < -0.39 is 0 Å². The highest BCUT2D eigenvalue weighted by Crippen LogP contribution is 2.31. The SMILES string of the molecule is NC(=NCCCCNc1ccccn1)NC1CCOc2ccccc21. The number of anilines is 1. The third-order valence-corrected chi connectivity index (χ3v) is 4.12. The van der Waals surface area contributed by atoms with Crippen molar-refractivity contribution in [2.45, 2.75) is 25.3 Å². The third-order valence-electron chi connectivity index (χ3n) is 4.12. The van der Waals surface area contributed by atoms with E-state index in [0.29, 0.717) is 19.1 Å². The molecular weight excluding hydrogens is 314 g/mol. The number of unbranched alkanes of at least 4 members (excludes halogenated alkanes) is 1. The van der Waals surface area contributed by atoms with Crippen LogP contribution in [0.15, 0.2) is 53.7 Å². The van der Waals surface area contributed by atoms with Crippen molar-refractivity contribution in [1.82, 2.24) is 10.3 Å². The van der Waals surface area contributed by atoms with E-state index in [0.717, 1.165) is 42.9 Å². The van der Waals surface area contributed by atoms with Crippen LogP contribution < -0.4 is 21.1 Å². The molecule has 3 rings (SSSR count). The fourth-order valence-corrected chi connectivity index (χ4v) is 2.84. The lowest BCUT2D eigenvalue weighted by Gasteiger charge is -2.26. The van der Waals surface area contributed by atoms with E-state index in [1.54, 1.807) is 6.20 Å². The number of pyridine rings is 1. The summed E-state index contributed by atoms with van der Waals surface area (Å²) in [7, 11) is 0. The first kappa shape index (κ1) is 17.1. The van der Waals surface area contributed by atoms with Gasteiger partial charge in [0, 0.05) is 31.3 Å². The minimum Gasteiger partial charge on any atom is -0.493 e. The predicted molar refractivity (Wildman–Crippen MR) is 101 cm³/mol. The number of para-hydroxylation sites is 1. The average Bonchev–Trinajstić information content (AvgIpc) is 2.66. The molecule has 6 heteroatoms. The van der Waals surface area contributed by atoms with Gasteiger partial charge in [0.25, 0.3) is 0 Å². The van der Waals surface area contributed by atoms with Gasteiger partial charge >= 0.3 is 0 Å². The Balaban J connectivity index is 1.38. The van der Waals surface area contributed by atoms with Crippen molar-refractivity contribution in [3.63, 3.8) is 0 Å². The highest BCUT2D eigenvalue weighted by molar-refractivity contribution is 5.78. The second-order valence-corrected chi connectivity index (χ2v) is 5.99. The summed E-state index contributed by atoms with van der Waals surface area (Å²) in [5.41, 5.74) is 7.18. The molecule has 2 aromatic rings. The number of nitrogens with zero attached hydrogens (tertiary/aromatic N) is 2. The van der Waals surface area contributed by atoms with Crippen LogP contribution in [0.2, 0.25) is 0 Å². The Morgan fingerprint density at radius 1 is 1.20 bits per heavy atom. The molecule has 2 heterocycles. The molecule has 1 aromatic heterocycles. The van der Waals surface area contributed by atoms with Crippen LogP contribution in [0.3, 0.4) is 0 Å². The summed E-state index contributed by atoms with van der Waals surface area (Å²) in [6, 6.07) is 14.1. The van der Waals surface area contributed by atoms with Crippen LogP contribution in [0.1, 0.15) is 30.9 Å². The Hall–Kier alpha value is -2.76. The number of rotatable bonds is 7. The van der Waals surface area contributed by atoms with E-state index in [2.05, 4.69) is 26.7 Å². The molecule has 1 aromatic carbocycles. The van der Waals surface area contributed by atoms with Gasteiger partial charge < -0.3 is 21.1 Å². The molecule has 1 atom stereocenters. The zero-order chi connectivity index (χ0) is 17.3. The number of nitrogens with two attached hydrogens (primary N) is 1. The van der Waals surface area contributed by atoms with E-state index >= 15 is 0 Å². The van der Waals surface area contributed by atoms with E-state index in [-0.39, 0.29) is 6.04 Å². The lowest BCUT2D eigenvalue weighted by Crippen LogP contribution is -2.37. The topological polar surface area (TPSA) is 84.6 Å². The van der Waals surface area contributed by atoms with Crippen molar-refractivity contribution in [3.05, 3.63) is 54.2 Å². The zero-order valence-electron chi connectivity index (χ0n) is 14.3. The molecule has 0 fully saturated rings. The van der Waals surface area contributed by atoms with Gasteiger partial charge in [-0.2, -0.15) is 0 Å². The number of benzene rings is 1. The molecule has 6 nitrogen and oxygen atoms in total. The quantitative estimate of drug-likeness (QED) is 0.410. The first-order chi connectivity index (χ1) is 12.3. The molecule has 4 N–H and O–H groups in total. The summed E-state index contributed by atoms with van der Waals surface area (Å²) in [6.07, 6.45) is 4.68. The molecule has 0 saturated carbocycles. The summed E-state index contributed by atoms with van der Waals surface area (Å²) in [5, 5.41) is 6.60. The molecular formula is C19H25N5O. The molecule has 0 saturated heterocycles. The summed E-state index contributed by atoms with van der Waals surface area (Å²) in [6.45, 7) is 2.29.